The first-order chi connectivity index (χ1) is 14.1. The number of likely N-dealkylation sites (tertiary alicyclic amines) is 1. The van der Waals surface area contributed by atoms with Crippen molar-refractivity contribution in [2.45, 2.75) is 26.8 Å². The van der Waals surface area contributed by atoms with Gasteiger partial charge >= 0.3 is 0 Å². The maximum atomic E-state index is 5.70. The number of methoxy groups -OCH3 is 1. The van der Waals surface area contributed by atoms with E-state index in [0.717, 1.165) is 49.2 Å². The summed E-state index contributed by atoms with van der Waals surface area (Å²) in [6.07, 6.45) is 1.12. The predicted molar refractivity (Wildman–Crippen MR) is 131 cm³/mol. The minimum Gasteiger partial charge on any atom is -0.382 e. The highest BCUT2D eigenvalue weighted by Gasteiger charge is 2.25. The predicted octanol–water partition coefficient (Wildman–Crippen LogP) is 3.17. The molecule has 1 aromatic carbocycles. The third kappa shape index (κ3) is 6.18. The molecule has 1 saturated heterocycles. The number of guanidine groups is 1. The van der Waals surface area contributed by atoms with Gasteiger partial charge in [-0.25, -0.2) is 4.68 Å². The van der Waals surface area contributed by atoms with E-state index in [1.165, 1.54) is 5.56 Å². The molecule has 8 heteroatoms. The topological polar surface area (TPSA) is 63.9 Å². The normalized spacial score (nSPS) is 16.6. The molecule has 30 heavy (non-hydrogen) atoms. The third-order valence-corrected chi connectivity index (χ3v) is 5.45. The number of para-hydroxylation sites is 1. The zero-order valence-corrected chi connectivity index (χ0v) is 20.8. The van der Waals surface area contributed by atoms with Crippen molar-refractivity contribution in [3.05, 3.63) is 47.3 Å². The summed E-state index contributed by atoms with van der Waals surface area (Å²) < 4.78 is 12.7. The van der Waals surface area contributed by atoms with Crippen molar-refractivity contribution in [1.82, 2.24) is 20.0 Å². The van der Waals surface area contributed by atoms with E-state index in [2.05, 4.69) is 41.2 Å². The van der Waals surface area contributed by atoms with E-state index < -0.39 is 0 Å². The molecule has 0 radical (unpaired) electrons. The van der Waals surface area contributed by atoms with E-state index in [9.17, 15) is 0 Å². The van der Waals surface area contributed by atoms with Crippen LogP contribution in [0, 0.1) is 19.8 Å². The quantitative estimate of drug-likeness (QED) is 0.247. The Kier molecular flexibility index (Phi) is 10.1. The molecule has 0 saturated carbocycles. The van der Waals surface area contributed by atoms with Crippen molar-refractivity contribution in [2.24, 2.45) is 10.9 Å². The summed E-state index contributed by atoms with van der Waals surface area (Å²) in [4.78, 5) is 6.81. The first-order valence-electron chi connectivity index (χ1n) is 10.3. The number of halogens is 1. The molecule has 0 amide bonds. The van der Waals surface area contributed by atoms with Crippen LogP contribution >= 0.6 is 24.0 Å². The van der Waals surface area contributed by atoms with Crippen LogP contribution in [0.15, 0.2) is 35.3 Å². The number of ether oxygens (including phenoxy) is 2. The van der Waals surface area contributed by atoms with Gasteiger partial charge in [0.2, 0.25) is 0 Å². The Morgan fingerprint density at radius 1 is 1.23 bits per heavy atom. The molecule has 1 N–H and O–H groups in total. The summed E-state index contributed by atoms with van der Waals surface area (Å²) in [7, 11) is 3.54. The van der Waals surface area contributed by atoms with Gasteiger partial charge in [0.05, 0.1) is 31.2 Å². The lowest BCUT2D eigenvalue weighted by Gasteiger charge is -2.22. The number of nitrogens with one attached hydrogen (secondary N) is 1. The first-order valence-corrected chi connectivity index (χ1v) is 10.3. The van der Waals surface area contributed by atoms with Crippen molar-refractivity contribution >= 4 is 29.9 Å². The molecule has 0 aliphatic carbocycles. The molecule has 0 spiro atoms. The molecule has 1 aliphatic heterocycles. The molecule has 0 bridgehead atoms. The maximum Gasteiger partial charge on any atom is 0.193 e. The van der Waals surface area contributed by atoms with Gasteiger partial charge in [0.25, 0.3) is 0 Å². The summed E-state index contributed by atoms with van der Waals surface area (Å²) >= 11 is 0. The highest BCUT2D eigenvalue weighted by atomic mass is 127. The van der Waals surface area contributed by atoms with Gasteiger partial charge in [0.15, 0.2) is 5.96 Å². The second-order valence-corrected chi connectivity index (χ2v) is 7.47. The van der Waals surface area contributed by atoms with Crippen molar-refractivity contribution in [2.75, 3.05) is 47.1 Å². The van der Waals surface area contributed by atoms with Crippen LogP contribution in [0.5, 0.6) is 0 Å². The lowest BCUT2D eigenvalue weighted by Crippen LogP contribution is -2.40. The van der Waals surface area contributed by atoms with Gasteiger partial charge in [-0.05, 0) is 32.4 Å². The number of hydrogen-bond donors (Lipinski definition) is 1. The maximum absolute atomic E-state index is 5.70. The Labute approximate surface area is 196 Å². The molecular formula is C22H34IN5O2. The summed E-state index contributed by atoms with van der Waals surface area (Å²) in [6.45, 7) is 8.94. The van der Waals surface area contributed by atoms with Gasteiger partial charge in [0, 0.05) is 51.0 Å². The second kappa shape index (κ2) is 12.3. The van der Waals surface area contributed by atoms with Gasteiger partial charge in [-0.15, -0.1) is 24.0 Å². The summed E-state index contributed by atoms with van der Waals surface area (Å²) in [5.41, 5.74) is 4.50. The van der Waals surface area contributed by atoms with Gasteiger partial charge in [-0.3, -0.25) is 4.99 Å². The minimum atomic E-state index is 0. The fraction of sp³-hybridized carbons (Fsp3) is 0.545. The molecule has 166 valence electrons. The average Bonchev–Trinajstić information content (AvgIpc) is 3.32. The minimum absolute atomic E-state index is 0. The number of aromatic nitrogens is 2. The van der Waals surface area contributed by atoms with Crippen LogP contribution < -0.4 is 5.32 Å². The summed E-state index contributed by atoms with van der Waals surface area (Å²) in [6, 6.07) is 10.2. The first kappa shape index (κ1) is 24.6. The second-order valence-electron chi connectivity index (χ2n) is 7.47. The fourth-order valence-electron chi connectivity index (χ4n) is 3.80. The summed E-state index contributed by atoms with van der Waals surface area (Å²) in [5, 5.41) is 8.27. The van der Waals surface area contributed by atoms with Crippen molar-refractivity contribution in [1.29, 1.82) is 0 Å². The Morgan fingerprint density at radius 2 is 2.00 bits per heavy atom. The SMILES string of the molecule is CN=C(NCc1c(C)nn(-c2ccccc2)c1C)N1CCC(COCCOC)C1.I. The number of aryl methyl sites for hydroxylation is 1. The number of aliphatic imine (C=N–C) groups is 1. The Bertz CT molecular complexity index is 809. The molecule has 3 rings (SSSR count). The van der Waals surface area contributed by atoms with Gasteiger partial charge < -0.3 is 19.7 Å². The van der Waals surface area contributed by atoms with E-state index in [4.69, 9.17) is 14.6 Å². The lowest BCUT2D eigenvalue weighted by atomic mass is 10.1. The Hall–Kier alpha value is -1.65. The Balaban J connectivity index is 0.00000320. The average molecular weight is 527 g/mol. The molecule has 1 aliphatic rings. The van der Waals surface area contributed by atoms with E-state index in [0.29, 0.717) is 25.7 Å². The standard InChI is InChI=1S/C22H33N5O2.HI/c1-17-21(18(2)27(25-17)20-8-6-5-7-9-20)14-24-22(23-3)26-11-10-19(15-26)16-29-13-12-28-4;/h5-9,19H,10-16H2,1-4H3,(H,23,24);1H. The molecule has 2 heterocycles. The smallest absolute Gasteiger partial charge is 0.193 e. The van der Waals surface area contributed by atoms with Gasteiger partial charge in [-0.2, -0.15) is 5.10 Å². The molecule has 1 atom stereocenters. The lowest BCUT2D eigenvalue weighted by molar-refractivity contribution is 0.0536. The van der Waals surface area contributed by atoms with Crippen LogP contribution in [0.3, 0.4) is 0 Å². The molecule has 1 aromatic heterocycles. The van der Waals surface area contributed by atoms with Crippen molar-refractivity contribution in [3.63, 3.8) is 0 Å². The largest absolute Gasteiger partial charge is 0.382 e. The third-order valence-electron chi connectivity index (χ3n) is 5.45. The fourth-order valence-corrected chi connectivity index (χ4v) is 3.80. The molecular weight excluding hydrogens is 493 g/mol. The molecule has 1 unspecified atom stereocenters. The van der Waals surface area contributed by atoms with Gasteiger partial charge in [-0.1, -0.05) is 18.2 Å². The number of benzene rings is 1. The van der Waals surface area contributed by atoms with E-state index in [-0.39, 0.29) is 24.0 Å². The molecule has 2 aromatic rings. The van der Waals surface area contributed by atoms with Crippen LogP contribution in [0.4, 0.5) is 0 Å². The van der Waals surface area contributed by atoms with Crippen LogP contribution in [0.25, 0.3) is 5.69 Å². The van der Waals surface area contributed by atoms with Crippen molar-refractivity contribution in [3.8, 4) is 5.69 Å². The number of rotatable bonds is 8. The van der Waals surface area contributed by atoms with Crippen LogP contribution in [-0.2, 0) is 16.0 Å². The van der Waals surface area contributed by atoms with Crippen molar-refractivity contribution < 1.29 is 9.47 Å². The zero-order valence-electron chi connectivity index (χ0n) is 18.4. The van der Waals surface area contributed by atoms with E-state index >= 15 is 0 Å². The number of nitrogens with zero attached hydrogens (tertiary/aromatic N) is 4. The number of hydrogen-bond acceptors (Lipinski definition) is 4. The summed E-state index contributed by atoms with van der Waals surface area (Å²) in [5.74, 6) is 1.48. The van der Waals surface area contributed by atoms with Crippen LogP contribution in [-0.4, -0.2) is 67.7 Å². The molecule has 1 fully saturated rings. The zero-order chi connectivity index (χ0) is 20.6. The van der Waals surface area contributed by atoms with Crippen LogP contribution in [0.2, 0.25) is 0 Å². The van der Waals surface area contributed by atoms with E-state index in [1.54, 1.807) is 7.11 Å². The van der Waals surface area contributed by atoms with Gasteiger partial charge in [0.1, 0.15) is 0 Å². The van der Waals surface area contributed by atoms with Crippen LogP contribution in [0.1, 0.15) is 23.4 Å². The molecule has 7 nitrogen and oxygen atoms in total. The Morgan fingerprint density at radius 3 is 2.70 bits per heavy atom. The monoisotopic (exact) mass is 527 g/mol. The highest BCUT2D eigenvalue weighted by Crippen LogP contribution is 2.19. The van der Waals surface area contributed by atoms with E-state index in [1.807, 2.05) is 29.9 Å². The highest BCUT2D eigenvalue weighted by molar-refractivity contribution is 14.0.